The van der Waals surface area contributed by atoms with Gasteiger partial charge in [-0.1, -0.05) is 12.2 Å². The van der Waals surface area contributed by atoms with Crippen molar-refractivity contribution in [2.45, 2.75) is 25.7 Å². The zero-order valence-electron chi connectivity index (χ0n) is 11.7. The number of piperidine rings is 1. The fourth-order valence-corrected chi connectivity index (χ4v) is 2.31. The van der Waals surface area contributed by atoms with Crippen LogP contribution in [0.4, 0.5) is 0 Å². The molecule has 1 fully saturated rings. The molecule has 6 heteroatoms. The van der Waals surface area contributed by atoms with Gasteiger partial charge in [-0.15, -0.1) is 0 Å². The minimum atomic E-state index is -0.0768. The third-order valence-corrected chi connectivity index (χ3v) is 3.55. The zero-order chi connectivity index (χ0) is 15.2. The van der Waals surface area contributed by atoms with Crippen molar-refractivity contribution in [1.29, 1.82) is 0 Å². The van der Waals surface area contributed by atoms with Gasteiger partial charge in [-0.2, -0.15) is 0 Å². The van der Waals surface area contributed by atoms with Crippen molar-refractivity contribution in [2.75, 3.05) is 13.2 Å². The van der Waals surface area contributed by atoms with E-state index in [4.69, 9.17) is 22.7 Å². The molecule has 0 bridgehead atoms. The number of imide groups is 1. The monoisotopic (exact) mass is 306 g/mol. The highest BCUT2D eigenvalue weighted by Gasteiger charge is 2.24. The van der Waals surface area contributed by atoms with E-state index in [1.54, 1.807) is 24.3 Å². The second-order valence-electron chi connectivity index (χ2n) is 4.88. The van der Waals surface area contributed by atoms with Crippen molar-refractivity contribution >= 4 is 29.0 Å². The first kappa shape index (κ1) is 15.4. The molecule has 21 heavy (non-hydrogen) atoms. The van der Waals surface area contributed by atoms with Crippen LogP contribution in [0, 0.1) is 0 Å². The predicted molar refractivity (Wildman–Crippen MR) is 83.0 cm³/mol. The summed E-state index contributed by atoms with van der Waals surface area (Å²) in [6, 6.07) is 7.20. The number of thiocarbonyl (C=S) groups is 1. The van der Waals surface area contributed by atoms with E-state index in [2.05, 4.69) is 0 Å². The Hall–Kier alpha value is -1.95. The summed E-state index contributed by atoms with van der Waals surface area (Å²) in [5.74, 6) is 0.561. The number of amides is 2. The molecule has 1 saturated heterocycles. The standard InChI is InChI=1S/C15H18N2O3S/c16-15(21)11-5-7-12(8-6-11)20-10-2-9-17-13(18)3-1-4-14(17)19/h5-8H,1-4,9-10H2,(H2,16,21). The van der Waals surface area contributed by atoms with Gasteiger partial charge in [-0.05, 0) is 37.1 Å². The van der Waals surface area contributed by atoms with E-state index in [0.717, 1.165) is 5.56 Å². The summed E-state index contributed by atoms with van der Waals surface area (Å²) in [6.45, 7) is 0.867. The highest BCUT2D eigenvalue weighted by Crippen LogP contribution is 2.14. The fourth-order valence-electron chi connectivity index (χ4n) is 2.18. The lowest BCUT2D eigenvalue weighted by molar-refractivity contribution is -0.148. The highest BCUT2D eigenvalue weighted by molar-refractivity contribution is 7.80. The van der Waals surface area contributed by atoms with Crippen molar-refractivity contribution in [3.05, 3.63) is 29.8 Å². The Labute approximate surface area is 129 Å². The summed E-state index contributed by atoms with van der Waals surface area (Å²) < 4.78 is 5.57. The first-order valence-electron chi connectivity index (χ1n) is 6.94. The predicted octanol–water partition coefficient (Wildman–Crippen LogP) is 1.63. The summed E-state index contributed by atoms with van der Waals surface area (Å²) in [4.78, 5) is 24.9. The van der Waals surface area contributed by atoms with Crippen LogP contribution in [-0.2, 0) is 9.59 Å². The van der Waals surface area contributed by atoms with Crippen molar-refractivity contribution in [1.82, 2.24) is 4.90 Å². The van der Waals surface area contributed by atoms with Crippen LogP contribution < -0.4 is 10.5 Å². The van der Waals surface area contributed by atoms with Crippen LogP contribution >= 0.6 is 12.2 Å². The smallest absolute Gasteiger partial charge is 0.229 e. The van der Waals surface area contributed by atoms with Crippen molar-refractivity contribution in [2.24, 2.45) is 5.73 Å². The molecule has 1 heterocycles. The Kier molecular flexibility index (Phi) is 5.27. The Morgan fingerprint density at radius 3 is 2.38 bits per heavy atom. The van der Waals surface area contributed by atoms with Crippen molar-refractivity contribution in [3.8, 4) is 5.75 Å². The first-order valence-corrected chi connectivity index (χ1v) is 7.34. The molecule has 1 aromatic rings. The molecular formula is C15H18N2O3S. The number of benzene rings is 1. The lowest BCUT2D eigenvalue weighted by atomic mass is 10.1. The van der Waals surface area contributed by atoms with E-state index < -0.39 is 0 Å². The van der Waals surface area contributed by atoms with Gasteiger partial charge in [0.1, 0.15) is 10.7 Å². The highest BCUT2D eigenvalue weighted by atomic mass is 32.1. The molecule has 0 spiro atoms. The second kappa shape index (κ2) is 7.17. The Morgan fingerprint density at radius 2 is 1.81 bits per heavy atom. The minimum Gasteiger partial charge on any atom is -0.494 e. The molecule has 2 amide bonds. The SMILES string of the molecule is NC(=S)c1ccc(OCCCN2C(=O)CCCC2=O)cc1. The zero-order valence-corrected chi connectivity index (χ0v) is 12.5. The average molecular weight is 306 g/mol. The molecule has 1 aliphatic heterocycles. The Morgan fingerprint density at radius 1 is 1.19 bits per heavy atom. The van der Waals surface area contributed by atoms with Crippen LogP contribution in [0.3, 0.4) is 0 Å². The Bertz CT molecular complexity index is 526. The maximum atomic E-state index is 11.6. The van der Waals surface area contributed by atoms with E-state index in [-0.39, 0.29) is 11.8 Å². The fraction of sp³-hybridized carbons (Fsp3) is 0.400. The molecule has 112 valence electrons. The van der Waals surface area contributed by atoms with E-state index in [1.165, 1.54) is 4.90 Å². The summed E-state index contributed by atoms with van der Waals surface area (Å²) >= 11 is 4.87. The topological polar surface area (TPSA) is 72.6 Å². The molecule has 0 unspecified atom stereocenters. The lowest BCUT2D eigenvalue weighted by Crippen LogP contribution is -2.41. The molecule has 0 radical (unpaired) electrons. The van der Waals surface area contributed by atoms with Gasteiger partial charge in [0.2, 0.25) is 11.8 Å². The van der Waals surface area contributed by atoms with Gasteiger partial charge in [0.25, 0.3) is 0 Å². The molecule has 5 nitrogen and oxygen atoms in total. The summed E-state index contributed by atoms with van der Waals surface area (Å²) in [5, 5.41) is 0. The van der Waals surface area contributed by atoms with Gasteiger partial charge in [0.05, 0.1) is 6.61 Å². The van der Waals surface area contributed by atoms with E-state index in [0.29, 0.717) is 49.6 Å². The largest absolute Gasteiger partial charge is 0.494 e. The molecule has 2 rings (SSSR count). The molecule has 2 N–H and O–H groups in total. The van der Waals surface area contributed by atoms with Gasteiger partial charge in [-0.25, -0.2) is 0 Å². The number of hydrogen-bond donors (Lipinski definition) is 1. The second-order valence-corrected chi connectivity index (χ2v) is 5.32. The number of rotatable bonds is 6. The number of hydrogen-bond acceptors (Lipinski definition) is 4. The Balaban J connectivity index is 1.75. The van der Waals surface area contributed by atoms with Crippen molar-refractivity contribution in [3.63, 3.8) is 0 Å². The van der Waals surface area contributed by atoms with Crippen LogP contribution in [0.25, 0.3) is 0 Å². The third kappa shape index (κ3) is 4.26. The number of nitrogens with two attached hydrogens (primary N) is 1. The third-order valence-electron chi connectivity index (χ3n) is 3.32. The summed E-state index contributed by atoms with van der Waals surface area (Å²) in [5.41, 5.74) is 6.31. The van der Waals surface area contributed by atoms with Gasteiger partial charge in [-0.3, -0.25) is 14.5 Å². The van der Waals surface area contributed by atoms with E-state index in [1.807, 2.05) is 0 Å². The number of carbonyl (C=O) groups is 2. The maximum absolute atomic E-state index is 11.6. The molecule has 0 aromatic heterocycles. The first-order chi connectivity index (χ1) is 10.1. The summed E-state index contributed by atoms with van der Waals surface area (Å²) in [7, 11) is 0. The van der Waals surface area contributed by atoms with Gasteiger partial charge in [0.15, 0.2) is 0 Å². The van der Waals surface area contributed by atoms with Gasteiger partial charge < -0.3 is 10.5 Å². The van der Waals surface area contributed by atoms with E-state index >= 15 is 0 Å². The normalized spacial score (nSPS) is 15.1. The van der Waals surface area contributed by atoms with Crippen LogP contribution in [0.15, 0.2) is 24.3 Å². The molecular weight excluding hydrogens is 288 g/mol. The van der Waals surface area contributed by atoms with Crippen LogP contribution in [0.1, 0.15) is 31.2 Å². The lowest BCUT2D eigenvalue weighted by Gasteiger charge is -2.24. The van der Waals surface area contributed by atoms with Gasteiger partial charge in [0, 0.05) is 24.9 Å². The molecule has 0 aliphatic carbocycles. The molecule has 0 atom stereocenters. The van der Waals surface area contributed by atoms with Crippen molar-refractivity contribution < 1.29 is 14.3 Å². The quantitative estimate of drug-likeness (QED) is 0.491. The van der Waals surface area contributed by atoms with E-state index in [9.17, 15) is 9.59 Å². The molecule has 0 saturated carbocycles. The van der Waals surface area contributed by atoms with Gasteiger partial charge >= 0.3 is 0 Å². The molecule has 1 aliphatic rings. The van der Waals surface area contributed by atoms with Crippen LogP contribution in [0.5, 0.6) is 5.75 Å². The summed E-state index contributed by atoms with van der Waals surface area (Å²) in [6.07, 6.45) is 2.22. The van der Waals surface area contributed by atoms with Crippen LogP contribution in [0.2, 0.25) is 0 Å². The number of ether oxygens (including phenoxy) is 1. The van der Waals surface area contributed by atoms with Crippen LogP contribution in [-0.4, -0.2) is 34.9 Å². The number of nitrogens with zero attached hydrogens (tertiary/aromatic N) is 1. The maximum Gasteiger partial charge on any atom is 0.229 e. The minimum absolute atomic E-state index is 0.0768. The number of likely N-dealkylation sites (tertiary alicyclic amines) is 1. The average Bonchev–Trinajstić information content (AvgIpc) is 2.46. The number of carbonyl (C=O) groups excluding carboxylic acids is 2. The molecule has 1 aromatic carbocycles.